The van der Waals surface area contributed by atoms with E-state index in [1.165, 1.54) is 0 Å². The number of nitrogen functional groups attached to an aromatic ring is 1. The van der Waals surface area contributed by atoms with Gasteiger partial charge in [0.05, 0.1) is 16.6 Å². The van der Waals surface area contributed by atoms with Gasteiger partial charge in [-0.2, -0.15) is 0 Å². The lowest BCUT2D eigenvalue weighted by Crippen LogP contribution is -2.44. The molecule has 1 aliphatic heterocycles. The van der Waals surface area contributed by atoms with Crippen LogP contribution in [0.1, 0.15) is 12.5 Å². The number of piperazine rings is 1. The van der Waals surface area contributed by atoms with Crippen LogP contribution in [0.25, 0.3) is 10.9 Å². The van der Waals surface area contributed by atoms with Gasteiger partial charge < -0.3 is 20.5 Å². The maximum Gasteiger partial charge on any atom is 0.194 e. The van der Waals surface area contributed by atoms with Gasteiger partial charge in [-0.1, -0.05) is 0 Å². The van der Waals surface area contributed by atoms with Gasteiger partial charge in [-0.05, 0) is 13.8 Å². The molecule has 0 unspecified atom stereocenters. The van der Waals surface area contributed by atoms with Crippen LogP contribution >= 0.6 is 0 Å². The molecule has 1 fully saturated rings. The first-order chi connectivity index (χ1) is 11.0. The molecule has 2 heterocycles. The molecule has 7 heteroatoms. The number of halogens is 2. The van der Waals surface area contributed by atoms with Gasteiger partial charge in [-0.25, -0.2) is 8.78 Å². The van der Waals surface area contributed by atoms with Crippen molar-refractivity contribution in [3.63, 3.8) is 0 Å². The zero-order valence-electron chi connectivity index (χ0n) is 13.2. The zero-order valence-corrected chi connectivity index (χ0v) is 13.2. The lowest BCUT2D eigenvalue weighted by atomic mass is 10.1. The molecule has 0 spiro atoms. The van der Waals surface area contributed by atoms with E-state index < -0.39 is 17.1 Å². The maximum absolute atomic E-state index is 15.1. The molecule has 3 rings (SSSR count). The molecule has 0 bridgehead atoms. The van der Waals surface area contributed by atoms with Crippen molar-refractivity contribution in [3.05, 3.63) is 33.6 Å². The van der Waals surface area contributed by atoms with Gasteiger partial charge in [-0.15, -0.1) is 0 Å². The Balaban J connectivity index is 2.40. The second kappa shape index (κ2) is 5.81. The van der Waals surface area contributed by atoms with Crippen molar-refractivity contribution in [2.24, 2.45) is 0 Å². The molecule has 0 aliphatic carbocycles. The van der Waals surface area contributed by atoms with Crippen LogP contribution in [-0.2, 0) is 6.54 Å². The van der Waals surface area contributed by atoms with E-state index in [9.17, 15) is 9.18 Å². The third kappa shape index (κ3) is 2.35. The summed E-state index contributed by atoms with van der Waals surface area (Å²) in [7, 11) is 0. The van der Waals surface area contributed by atoms with E-state index in [0.717, 1.165) is 0 Å². The van der Waals surface area contributed by atoms with E-state index in [4.69, 9.17) is 5.73 Å². The van der Waals surface area contributed by atoms with Gasteiger partial charge in [0.15, 0.2) is 17.1 Å². The number of hydrogen-bond acceptors (Lipinski definition) is 4. The summed E-state index contributed by atoms with van der Waals surface area (Å²) < 4.78 is 31.5. The summed E-state index contributed by atoms with van der Waals surface area (Å²) in [6.45, 7) is 6.18. The van der Waals surface area contributed by atoms with Gasteiger partial charge >= 0.3 is 0 Å². The monoisotopic (exact) mass is 322 g/mol. The molecule has 2 aromatic rings. The number of nitrogens with zero attached hydrogens (tertiary/aromatic N) is 2. The Labute approximate surface area is 132 Å². The molecule has 124 valence electrons. The first-order valence-electron chi connectivity index (χ1n) is 7.73. The summed E-state index contributed by atoms with van der Waals surface area (Å²) in [6.07, 6.45) is 1.59. The van der Waals surface area contributed by atoms with Crippen LogP contribution < -0.4 is 21.4 Å². The van der Waals surface area contributed by atoms with Crippen LogP contribution in [-0.4, -0.2) is 30.7 Å². The average Bonchev–Trinajstić information content (AvgIpc) is 2.56. The number of hydrogen-bond donors (Lipinski definition) is 2. The minimum Gasteiger partial charge on any atom is -0.396 e. The van der Waals surface area contributed by atoms with Gasteiger partial charge in [0.25, 0.3) is 0 Å². The third-order valence-corrected chi connectivity index (χ3v) is 4.36. The maximum atomic E-state index is 15.1. The van der Waals surface area contributed by atoms with Crippen LogP contribution in [0.3, 0.4) is 0 Å². The molecular weight excluding hydrogens is 302 g/mol. The first kappa shape index (κ1) is 15.7. The normalized spacial score (nSPS) is 15.4. The molecule has 0 amide bonds. The van der Waals surface area contributed by atoms with Crippen LogP contribution in [0.5, 0.6) is 0 Å². The fourth-order valence-corrected chi connectivity index (χ4v) is 3.15. The van der Waals surface area contributed by atoms with E-state index in [-0.39, 0.29) is 22.3 Å². The number of nitrogens with one attached hydrogen (secondary N) is 1. The molecule has 1 saturated heterocycles. The van der Waals surface area contributed by atoms with Crippen molar-refractivity contribution in [1.29, 1.82) is 0 Å². The molecule has 1 aromatic heterocycles. The van der Waals surface area contributed by atoms with Gasteiger partial charge in [-0.3, -0.25) is 4.79 Å². The molecular formula is C16H20F2N4O. The molecule has 0 radical (unpaired) electrons. The lowest BCUT2D eigenvalue weighted by Gasteiger charge is -2.31. The topological polar surface area (TPSA) is 63.3 Å². The van der Waals surface area contributed by atoms with E-state index in [1.807, 2.05) is 6.92 Å². The highest BCUT2D eigenvalue weighted by Gasteiger charge is 2.27. The Bertz CT molecular complexity index is 825. The Morgan fingerprint density at radius 2 is 1.91 bits per heavy atom. The van der Waals surface area contributed by atoms with Crippen molar-refractivity contribution < 1.29 is 8.78 Å². The molecule has 1 aromatic carbocycles. The van der Waals surface area contributed by atoms with Gasteiger partial charge in [0, 0.05) is 44.5 Å². The van der Waals surface area contributed by atoms with E-state index in [2.05, 4.69) is 5.32 Å². The highest BCUT2D eigenvalue weighted by atomic mass is 19.1. The fourth-order valence-electron chi connectivity index (χ4n) is 3.15. The van der Waals surface area contributed by atoms with Crippen LogP contribution in [0.15, 0.2) is 11.0 Å². The predicted octanol–water partition coefficient (Wildman–Crippen LogP) is 1.60. The molecule has 0 saturated carbocycles. The smallest absolute Gasteiger partial charge is 0.194 e. The number of benzene rings is 1. The van der Waals surface area contributed by atoms with Crippen molar-refractivity contribution in [1.82, 2.24) is 9.88 Å². The summed E-state index contributed by atoms with van der Waals surface area (Å²) in [6, 6.07) is 0. The van der Waals surface area contributed by atoms with Crippen LogP contribution in [0, 0.1) is 18.6 Å². The van der Waals surface area contributed by atoms with Crippen molar-refractivity contribution in [2.45, 2.75) is 20.4 Å². The summed E-state index contributed by atoms with van der Waals surface area (Å²) in [5.41, 5.74) is 5.55. The molecule has 23 heavy (non-hydrogen) atoms. The fraction of sp³-hybridized carbons (Fsp3) is 0.438. The minimum atomic E-state index is -0.845. The second-order valence-corrected chi connectivity index (χ2v) is 5.78. The van der Waals surface area contributed by atoms with E-state index in [1.54, 1.807) is 22.6 Å². The standard InChI is InChI=1S/C16H20F2N4O/c1-3-21-8-9(2)16(23)10-13(19)11(17)15(12(18)14(10)21)22-6-4-20-5-7-22/h8,20H,3-7,19H2,1-2H3. The Kier molecular flexibility index (Phi) is 3.97. The summed E-state index contributed by atoms with van der Waals surface area (Å²) >= 11 is 0. The van der Waals surface area contributed by atoms with Crippen LogP contribution in [0.4, 0.5) is 20.2 Å². The number of pyridine rings is 1. The first-order valence-corrected chi connectivity index (χ1v) is 7.73. The lowest BCUT2D eigenvalue weighted by molar-refractivity contribution is 0.541. The van der Waals surface area contributed by atoms with Crippen molar-refractivity contribution in [2.75, 3.05) is 36.8 Å². The SMILES string of the molecule is CCn1cc(C)c(=O)c2c(N)c(F)c(N3CCNCC3)c(F)c21. The summed E-state index contributed by atoms with van der Waals surface area (Å²) in [4.78, 5) is 14.0. The largest absolute Gasteiger partial charge is 0.396 e. The van der Waals surface area contributed by atoms with Crippen molar-refractivity contribution in [3.8, 4) is 0 Å². The molecule has 0 atom stereocenters. The average molecular weight is 322 g/mol. The Hall–Kier alpha value is -2.15. The molecule has 1 aliphatic rings. The number of fused-ring (bicyclic) bond motifs is 1. The highest BCUT2D eigenvalue weighted by molar-refractivity contribution is 5.95. The third-order valence-electron chi connectivity index (χ3n) is 4.36. The van der Waals surface area contributed by atoms with Crippen molar-refractivity contribution >= 4 is 22.3 Å². The quantitative estimate of drug-likeness (QED) is 0.825. The zero-order chi connectivity index (χ0) is 16.7. The number of anilines is 2. The number of rotatable bonds is 2. The minimum absolute atomic E-state index is 0.0688. The number of nitrogens with two attached hydrogens (primary N) is 1. The van der Waals surface area contributed by atoms with Gasteiger partial charge in [0.1, 0.15) is 5.69 Å². The molecule has 5 nitrogen and oxygen atoms in total. The predicted molar refractivity (Wildman–Crippen MR) is 88.0 cm³/mol. The number of aryl methyl sites for hydroxylation is 2. The number of aromatic nitrogens is 1. The summed E-state index contributed by atoms with van der Waals surface area (Å²) in [5.74, 6) is -1.56. The Morgan fingerprint density at radius 1 is 1.26 bits per heavy atom. The highest BCUT2D eigenvalue weighted by Crippen LogP contribution is 2.35. The van der Waals surface area contributed by atoms with Crippen LogP contribution in [0.2, 0.25) is 0 Å². The van der Waals surface area contributed by atoms with Gasteiger partial charge in [0.2, 0.25) is 0 Å². The van der Waals surface area contributed by atoms with E-state index in [0.29, 0.717) is 38.3 Å². The Morgan fingerprint density at radius 3 is 2.52 bits per heavy atom. The molecule has 3 N–H and O–H groups in total. The summed E-state index contributed by atoms with van der Waals surface area (Å²) in [5, 5.41) is 3.07. The van der Waals surface area contributed by atoms with E-state index >= 15 is 4.39 Å². The second-order valence-electron chi connectivity index (χ2n) is 5.78.